The minimum Gasteiger partial charge on any atom is -0.400 e. The van der Waals surface area contributed by atoms with Gasteiger partial charge in [0, 0.05) is 0 Å². The van der Waals surface area contributed by atoms with Crippen LogP contribution in [0.3, 0.4) is 0 Å². The van der Waals surface area contributed by atoms with Crippen LogP contribution in [0, 0.1) is 17.2 Å². The molecule has 0 saturated heterocycles. The molecule has 17 heavy (non-hydrogen) atoms. The van der Waals surface area contributed by atoms with Gasteiger partial charge in [0.05, 0.1) is 6.07 Å². The van der Waals surface area contributed by atoms with Gasteiger partial charge in [-0.3, -0.25) is 0 Å². The van der Waals surface area contributed by atoms with Crippen LogP contribution in [0.4, 0.5) is 0 Å². The predicted octanol–water partition coefficient (Wildman–Crippen LogP) is 2.64. The molecule has 0 bridgehead atoms. The van der Waals surface area contributed by atoms with E-state index < -0.39 is 25.5 Å². The van der Waals surface area contributed by atoms with Crippen molar-refractivity contribution in [2.75, 3.05) is 0 Å². The molecule has 0 N–H and O–H groups in total. The first-order chi connectivity index (χ1) is 7.78. The van der Waals surface area contributed by atoms with Gasteiger partial charge in [-0.1, -0.05) is 6.92 Å². The Bertz CT molecular complexity index is 308. The van der Waals surface area contributed by atoms with Crippen LogP contribution in [0.25, 0.3) is 0 Å². The Morgan fingerprint density at radius 1 is 1.29 bits per heavy atom. The Labute approximate surface area is 108 Å². The van der Waals surface area contributed by atoms with Gasteiger partial charge in [-0.15, -0.1) is 0 Å². The second-order valence-electron chi connectivity index (χ2n) is 5.57. The largest absolute Gasteiger partial charge is 0.400 e. The van der Waals surface area contributed by atoms with Gasteiger partial charge < -0.3 is 4.43 Å². The third kappa shape index (κ3) is 6.71. The van der Waals surface area contributed by atoms with Crippen LogP contribution in [0.5, 0.6) is 0 Å². The standard InChI is InChI=1S/C11H21NOSi.O2S/c1-10-5-7-11(9-12,8-6-10)13-14(2,3)4;1-3-2/h10H,5-8H2,1-4H3;. The highest BCUT2D eigenvalue weighted by Crippen LogP contribution is 2.36. The molecule has 98 valence electrons. The molecule has 0 aromatic heterocycles. The Morgan fingerprint density at radius 2 is 1.71 bits per heavy atom. The third-order valence-corrected chi connectivity index (χ3v) is 3.79. The summed E-state index contributed by atoms with van der Waals surface area (Å²) in [5, 5.41) is 9.24. The van der Waals surface area contributed by atoms with Crippen molar-refractivity contribution in [2.24, 2.45) is 5.92 Å². The molecule has 0 heterocycles. The van der Waals surface area contributed by atoms with Crippen molar-refractivity contribution in [2.45, 2.75) is 57.8 Å². The van der Waals surface area contributed by atoms with Gasteiger partial charge in [0.15, 0.2) is 8.32 Å². The van der Waals surface area contributed by atoms with Gasteiger partial charge in [0.2, 0.25) is 0 Å². The van der Waals surface area contributed by atoms with Crippen molar-refractivity contribution >= 4 is 19.9 Å². The molecule has 0 aliphatic heterocycles. The Morgan fingerprint density at radius 3 is 2.00 bits per heavy atom. The lowest BCUT2D eigenvalue weighted by Crippen LogP contribution is -2.44. The number of nitrogens with zero attached hydrogens (tertiary/aromatic N) is 1. The maximum absolute atomic E-state index is 9.24. The van der Waals surface area contributed by atoms with Gasteiger partial charge in [0.1, 0.15) is 5.60 Å². The number of hydrogen-bond donors (Lipinski definition) is 0. The monoisotopic (exact) mass is 275 g/mol. The molecule has 1 rings (SSSR count). The smallest absolute Gasteiger partial charge is 0.335 e. The van der Waals surface area contributed by atoms with E-state index in [0.29, 0.717) is 0 Å². The maximum atomic E-state index is 9.24. The molecule has 0 unspecified atom stereocenters. The second kappa shape index (κ2) is 7.04. The molecule has 1 aliphatic carbocycles. The van der Waals surface area contributed by atoms with Gasteiger partial charge in [-0.05, 0) is 51.2 Å². The van der Waals surface area contributed by atoms with Gasteiger partial charge in [-0.2, -0.15) is 13.7 Å². The van der Waals surface area contributed by atoms with Crippen molar-refractivity contribution in [3.05, 3.63) is 0 Å². The minimum absolute atomic E-state index is 0.447. The molecule has 4 nitrogen and oxygen atoms in total. The zero-order chi connectivity index (χ0) is 13.5. The lowest BCUT2D eigenvalue weighted by molar-refractivity contribution is 0.0626. The summed E-state index contributed by atoms with van der Waals surface area (Å²) in [6, 6.07) is 2.41. The number of hydrogen-bond acceptors (Lipinski definition) is 4. The highest BCUT2D eigenvalue weighted by molar-refractivity contribution is 7.51. The minimum atomic E-state index is -1.58. The molecule has 0 radical (unpaired) electrons. The Balaban J connectivity index is 0.000000770. The highest BCUT2D eigenvalue weighted by atomic mass is 32.1. The van der Waals surface area contributed by atoms with Crippen molar-refractivity contribution in [3.8, 4) is 6.07 Å². The SMILES string of the molecule is CC1CCC(C#N)(O[Si](C)(C)C)CC1.O=S=O. The first-order valence-electron chi connectivity index (χ1n) is 5.82. The average molecular weight is 275 g/mol. The summed E-state index contributed by atoms with van der Waals surface area (Å²) >= 11 is -0.750. The lowest BCUT2D eigenvalue weighted by atomic mass is 9.80. The Hall–Kier alpha value is -0.513. The molecule has 6 heteroatoms. The van der Waals surface area contributed by atoms with E-state index in [2.05, 4.69) is 32.6 Å². The van der Waals surface area contributed by atoms with Crippen LogP contribution in [0.1, 0.15) is 32.6 Å². The molecule has 1 fully saturated rings. The van der Waals surface area contributed by atoms with Gasteiger partial charge >= 0.3 is 11.6 Å². The van der Waals surface area contributed by atoms with E-state index in [9.17, 15) is 5.26 Å². The van der Waals surface area contributed by atoms with E-state index in [-0.39, 0.29) is 0 Å². The molecule has 0 amide bonds. The van der Waals surface area contributed by atoms with Crippen molar-refractivity contribution in [1.29, 1.82) is 5.26 Å². The van der Waals surface area contributed by atoms with E-state index in [1.165, 1.54) is 0 Å². The molecular weight excluding hydrogens is 254 g/mol. The summed E-state index contributed by atoms with van der Waals surface area (Å²) in [4.78, 5) is 0. The van der Waals surface area contributed by atoms with Crippen LogP contribution in [0.2, 0.25) is 19.6 Å². The van der Waals surface area contributed by atoms with E-state index in [1.54, 1.807) is 0 Å². The van der Waals surface area contributed by atoms with Crippen LogP contribution in [-0.4, -0.2) is 22.3 Å². The average Bonchev–Trinajstić information content (AvgIpc) is 2.21. The lowest BCUT2D eigenvalue weighted by Gasteiger charge is -2.38. The molecule has 1 saturated carbocycles. The fourth-order valence-corrected chi connectivity index (χ4v) is 3.47. The summed E-state index contributed by atoms with van der Waals surface area (Å²) in [6.45, 7) is 8.73. The molecule has 0 atom stereocenters. The van der Waals surface area contributed by atoms with Crippen molar-refractivity contribution in [3.63, 3.8) is 0 Å². The highest BCUT2D eigenvalue weighted by Gasteiger charge is 2.38. The predicted molar refractivity (Wildman–Crippen MR) is 69.3 cm³/mol. The van der Waals surface area contributed by atoms with Gasteiger partial charge in [0.25, 0.3) is 0 Å². The van der Waals surface area contributed by atoms with Crippen molar-refractivity contribution in [1.82, 2.24) is 0 Å². The first-order valence-corrected chi connectivity index (χ1v) is 9.89. The summed E-state index contributed by atoms with van der Waals surface area (Å²) in [7, 11) is -1.58. The summed E-state index contributed by atoms with van der Waals surface area (Å²) in [5.74, 6) is 0.765. The van der Waals surface area contributed by atoms with E-state index in [4.69, 9.17) is 12.8 Å². The first kappa shape index (κ1) is 16.5. The zero-order valence-corrected chi connectivity index (χ0v) is 12.8. The Kier molecular flexibility index (Phi) is 6.83. The van der Waals surface area contributed by atoms with Crippen LogP contribution in [-0.2, 0) is 16.0 Å². The van der Waals surface area contributed by atoms with E-state index in [0.717, 1.165) is 31.6 Å². The topological polar surface area (TPSA) is 67.2 Å². The summed E-state index contributed by atoms with van der Waals surface area (Å²) < 4.78 is 22.6. The molecular formula is C11H21NO3SSi. The quantitative estimate of drug-likeness (QED) is 0.727. The molecule has 1 aliphatic rings. The molecule has 0 aromatic rings. The van der Waals surface area contributed by atoms with Crippen LogP contribution < -0.4 is 0 Å². The molecule has 0 spiro atoms. The summed E-state index contributed by atoms with van der Waals surface area (Å²) in [5.41, 5.74) is -0.447. The van der Waals surface area contributed by atoms with E-state index in [1.807, 2.05) is 0 Å². The zero-order valence-electron chi connectivity index (χ0n) is 11.0. The fraction of sp³-hybridized carbons (Fsp3) is 0.909. The van der Waals surface area contributed by atoms with Gasteiger partial charge in [-0.25, -0.2) is 0 Å². The number of rotatable bonds is 2. The summed E-state index contributed by atoms with van der Waals surface area (Å²) in [6.07, 6.45) is 4.12. The maximum Gasteiger partial charge on any atom is 0.335 e. The van der Waals surface area contributed by atoms with E-state index >= 15 is 0 Å². The normalized spacial score (nSPS) is 28.5. The van der Waals surface area contributed by atoms with Crippen LogP contribution in [0.15, 0.2) is 0 Å². The van der Waals surface area contributed by atoms with Crippen molar-refractivity contribution < 1.29 is 12.8 Å². The molecule has 0 aromatic carbocycles. The fourth-order valence-electron chi connectivity index (χ4n) is 2.05. The second-order valence-corrected chi connectivity index (χ2v) is 10.1. The number of nitriles is 1. The third-order valence-electron chi connectivity index (χ3n) is 2.79. The van der Waals surface area contributed by atoms with Crippen LogP contribution >= 0.6 is 0 Å².